The molecule has 1 aliphatic rings. The summed E-state index contributed by atoms with van der Waals surface area (Å²) >= 11 is 6.09. The number of amides is 2. The van der Waals surface area contributed by atoms with E-state index >= 15 is 0 Å². The first-order valence-corrected chi connectivity index (χ1v) is 9.78. The van der Waals surface area contributed by atoms with E-state index in [0.29, 0.717) is 29.2 Å². The lowest BCUT2D eigenvalue weighted by Gasteiger charge is -2.40. The average Bonchev–Trinajstić information content (AvgIpc) is 3.27. The maximum Gasteiger partial charge on any atom is 0.316 e. The van der Waals surface area contributed by atoms with Crippen LogP contribution >= 0.6 is 11.6 Å². The van der Waals surface area contributed by atoms with Crippen LogP contribution < -0.4 is 4.90 Å². The van der Waals surface area contributed by atoms with Crippen LogP contribution in [0.5, 0.6) is 0 Å². The van der Waals surface area contributed by atoms with Crippen molar-refractivity contribution in [2.45, 2.75) is 19.0 Å². The molecule has 8 heteroatoms. The Labute approximate surface area is 178 Å². The number of nitrogens with zero attached hydrogens (tertiary/aromatic N) is 4. The van der Waals surface area contributed by atoms with Crippen molar-refractivity contribution in [3.63, 3.8) is 0 Å². The lowest BCUT2D eigenvalue weighted by Crippen LogP contribution is -2.60. The molecule has 0 bridgehead atoms. The quantitative estimate of drug-likeness (QED) is 0.643. The number of anilines is 1. The van der Waals surface area contributed by atoms with Crippen LogP contribution in [0.3, 0.4) is 0 Å². The molecule has 7 nitrogen and oxygen atoms in total. The molecule has 2 aromatic carbocycles. The van der Waals surface area contributed by atoms with Gasteiger partial charge in [0.1, 0.15) is 5.82 Å². The van der Waals surface area contributed by atoms with Gasteiger partial charge in [-0.15, -0.1) is 0 Å². The lowest BCUT2D eigenvalue weighted by atomic mass is 10.0. The normalized spacial score (nSPS) is 16.6. The van der Waals surface area contributed by atoms with Crippen molar-refractivity contribution < 1.29 is 9.59 Å². The zero-order chi connectivity index (χ0) is 21.1. The number of hydrogen-bond acceptors (Lipinski definition) is 4. The van der Waals surface area contributed by atoms with Crippen molar-refractivity contribution in [2.75, 3.05) is 11.4 Å². The number of rotatable bonds is 5. The van der Waals surface area contributed by atoms with Crippen LogP contribution in [0.4, 0.5) is 5.69 Å². The summed E-state index contributed by atoms with van der Waals surface area (Å²) in [4.78, 5) is 36.4. The molecule has 1 aromatic heterocycles. The number of carbonyl (C=O) groups excluding carboxylic acids is 2. The molecule has 1 atom stereocenters. The third-order valence-corrected chi connectivity index (χ3v) is 5.30. The molecular weight excluding hydrogens is 402 g/mol. The number of imidazole rings is 1. The third kappa shape index (κ3) is 4.04. The van der Waals surface area contributed by atoms with Crippen LogP contribution in [0.1, 0.15) is 17.0 Å². The first-order valence-electron chi connectivity index (χ1n) is 9.40. The van der Waals surface area contributed by atoms with Gasteiger partial charge in [-0.2, -0.15) is 5.26 Å². The van der Waals surface area contributed by atoms with Crippen LogP contribution in [0.2, 0.25) is 5.02 Å². The number of H-pyrrole nitrogens is 1. The minimum atomic E-state index is -0.596. The maximum atomic E-state index is 13.1. The highest BCUT2D eigenvalue weighted by atomic mass is 35.5. The Morgan fingerprint density at radius 1 is 1.17 bits per heavy atom. The summed E-state index contributed by atoms with van der Waals surface area (Å²) in [6.45, 7) is 0.590. The van der Waals surface area contributed by atoms with Crippen molar-refractivity contribution in [2.24, 2.45) is 0 Å². The van der Waals surface area contributed by atoms with E-state index in [0.717, 1.165) is 11.4 Å². The summed E-state index contributed by atoms with van der Waals surface area (Å²) in [6, 6.07) is 15.7. The molecule has 1 unspecified atom stereocenters. The molecule has 0 spiro atoms. The van der Waals surface area contributed by atoms with Gasteiger partial charge in [0.05, 0.1) is 17.7 Å². The average molecular weight is 420 g/mol. The van der Waals surface area contributed by atoms with Gasteiger partial charge in [-0.25, -0.2) is 4.98 Å². The van der Waals surface area contributed by atoms with Gasteiger partial charge in [0, 0.05) is 42.6 Å². The van der Waals surface area contributed by atoms with Crippen molar-refractivity contribution in [3.8, 4) is 6.07 Å². The highest BCUT2D eigenvalue weighted by molar-refractivity contribution is 6.41. The third-order valence-electron chi connectivity index (χ3n) is 5.06. The molecule has 1 fully saturated rings. The van der Waals surface area contributed by atoms with E-state index in [4.69, 9.17) is 16.9 Å². The van der Waals surface area contributed by atoms with Crippen LogP contribution in [0.15, 0.2) is 60.9 Å². The minimum Gasteiger partial charge on any atom is -0.349 e. The van der Waals surface area contributed by atoms with Crippen molar-refractivity contribution in [1.82, 2.24) is 14.9 Å². The molecule has 30 heavy (non-hydrogen) atoms. The topological polar surface area (TPSA) is 93.1 Å². The second kappa shape index (κ2) is 8.39. The van der Waals surface area contributed by atoms with Gasteiger partial charge in [-0.05, 0) is 35.9 Å². The molecule has 2 heterocycles. The van der Waals surface area contributed by atoms with E-state index in [1.54, 1.807) is 65.8 Å². The SMILES string of the molecule is N#Cc1ccc(CN2C(=O)C(=O)N(c3cccc(Cl)c3)CC2Cc2ncc[nH]2)cc1. The number of aromatic amines is 1. The number of nitrogens with one attached hydrogen (secondary N) is 1. The molecule has 1 aliphatic heterocycles. The van der Waals surface area contributed by atoms with Gasteiger partial charge in [-0.3, -0.25) is 9.59 Å². The van der Waals surface area contributed by atoms with E-state index in [1.807, 2.05) is 0 Å². The minimum absolute atomic E-state index is 0.269. The molecule has 0 radical (unpaired) electrons. The van der Waals surface area contributed by atoms with Crippen molar-refractivity contribution >= 4 is 29.1 Å². The Bertz CT molecular complexity index is 1110. The van der Waals surface area contributed by atoms with E-state index in [9.17, 15) is 9.59 Å². The standard InChI is InChI=1S/C22H18ClN5O2/c23-17-2-1-3-18(10-17)28-14-19(11-20-25-8-9-26-20)27(21(29)22(28)30)13-16-6-4-15(12-24)5-7-16/h1-10,19H,11,13-14H2,(H,25,26). The Morgan fingerprint density at radius 3 is 2.63 bits per heavy atom. The summed E-state index contributed by atoms with van der Waals surface area (Å²) in [6.07, 6.45) is 3.86. The predicted octanol–water partition coefficient (Wildman–Crippen LogP) is 2.92. The van der Waals surface area contributed by atoms with Gasteiger partial charge >= 0.3 is 11.8 Å². The Balaban J connectivity index is 1.64. The van der Waals surface area contributed by atoms with Crippen molar-refractivity contribution in [3.05, 3.63) is 82.9 Å². The molecule has 150 valence electrons. The smallest absolute Gasteiger partial charge is 0.316 e. The first kappa shape index (κ1) is 19.7. The Morgan fingerprint density at radius 2 is 1.97 bits per heavy atom. The number of carbonyl (C=O) groups is 2. The van der Waals surface area contributed by atoms with E-state index in [-0.39, 0.29) is 12.6 Å². The molecule has 3 aromatic rings. The fraction of sp³-hybridized carbons (Fsp3) is 0.182. The number of piperazine rings is 1. The molecule has 2 amide bonds. The second-order valence-electron chi connectivity index (χ2n) is 7.03. The largest absolute Gasteiger partial charge is 0.349 e. The Kier molecular flexibility index (Phi) is 5.50. The van der Waals surface area contributed by atoms with Crippen LogP contribution in [-0.4, -0.2) is 39.3 Å². The van der Waals surface area contributed by atoms with Crippen LogP contribution in [-0.2, 0) is 22.6 Å². The lowest BCUT2D eigenvalue weighted by molar-refractivity contribution is -0.149. The fourth-order valence-electron chi connectivity index (χ4n) is 3.55. The van der Waals surface area contributed by atoms with Gasteiger partial charge in [0.15, 0.2) is 0 Å². The number of benzene rings is 2. The van der Waals surface area contributed by atoms with E-state index in [1.165, 1.54) is 4.90 Å². The first-order chi connectivity index (χ1) is 14.5. The monoisotopic (exact) mass is 419 g/mol. The molecule has 1 saturated heterocycles. The van der Waals surface area contributed by atoms with Gasteiger partial charge in [-0.1, -0.05) is 29.8 Å². The summed E-state index contributed by atoms with van der Waals surface area (Å²) in [5.41, 5.74) is 1.97. The van der Waals surface area contributed by atoms with Gasteiger partial charge in [0.25, 0.3) is 0 Å². The number of hydrogen-bond donors (Lipinski definition) is 1. The van der Waals surface area contributed by atoms with Crippen molar-refractivity contribution in [1.29, 1.82) is 5.26 Å². The highest BCUT2D eigenvalue weighted by Gasteiger charge is 2.40. The molecule has 0 saturated carbocycles. The molecular formula is C22H18ClN5O2. The maximum absolute atomic E-state index is 13.1. The molecule has 1 N–H and O–H groups in total. The number of aromatic nitrogens is 2. The van der Waals surface area contributed by atoms with Gasteiger partial charge < -0.3 is 14.8 Å². The summed E-state index contributed by atoms with van der Waals surface area (Å²) in [5, 5.41) is 9.48. The molecule has 0 aliphatic carbocycles. The van der Waals surface area contributed by atoms with Gasteiger partial charge in [0.2, 0.25) is 0 Å². The summed E-state index contributed by atoms with van der Waals surface area (Å²) < 4.78 is 0. The second-order valence-corrected chi connectivity index (χ2v) is 7.47. The van der Waals surface area contributed by atoms with Crippen LogP contribution in [0, 0.1) is 11.3 Å². The Hall–Kier alpha value is -3.63. The summed E-state index contributed by atoms with van der Waals surface area (Å²) in [7, 11) is 0. The number of halogens is 1. The molecule has 4 rings (SSSR count). The fourth-order valence-corrected chi connectivity index (χ4v) is 3.74. The number of nitriles is 1. The summed E-state index contributed by atoms with van der Waals surface area (Å²) in [5.74, 6) is -0.443. The van der Waals surface area contributed by atoms with E-state index < -0.39 is 11.8 Å². The highest BCUT2D eigenvalue weighted by Crippen LogP contribution is 2.26. The van der Waals surface area contributed by atoms with E-state index in [2.05, 4.69) is 16.0 Å². The zero-order valence-electron chi connectivity index (χ0n) is 16.0. The zero-order valence-corrected chi connectivity index (χ0v) is 16.7. The predicted molar refractivity (Wildman–Crippen MR) is 112 cm³/mol. The van der Waals surface area contributed by atoms with Crippen LogP contribution in [0.25, 0.3) is 0 Å².